The third-order valence-electron chi connectivity index (χ3n) is 2.45. The van der Waals surface area contributed by atoms with Crippen LogP contribution >= 0.6 is 0 Å². The zero-order valence-corrected chi connectivity index (χ0v) is 9.94. The SMILES string of the molecule is CC(CCC(=O)O)Nc1cccc(F)c1C(N)=O. The maximum atomic E-state index is 13.4. The smallest absolute Gasteiger partial charge is 0.303 e. The molecule has 4 N–H and O–H groups in total. The minimum atomic E-state index is -0.905. The molecule has 1 atom stereocenters. The van der Waals surface area contributed by atoms with Crippen LogP contribution in [0, 0.1) is 5.82 Å². The van der Waals surface area contributed by atoms with E-state index in [4.69, 9.17) is 10.8 Å². The molecule has 1 unspecified atom stereocenters. The maximum absolute atomic E-state index is 13.4. The van der Waals surface area contributed by atoms with Crippen molar-refractivity contribution in [3.8, 4) is 0 Å². The fourth-order valence-electron chi connectivity index (χ4n) is 1.57. The van der Waals surface area contributed by atoms with E-state index in [-0.39, 0.29) is 23.7 Å². The van der Waals surface area contributed by atoms with Gasteiger partial charge in [0.25, 0.3) is 5.91 Å². The Bertz CT molecular complexity index is 463. The Labute approximate surface area is 104 Å². The van der Waals surface area contributed by atoms with Crippen molar-refractivity contribution < 1.29 is 19.1 Å². The van der Waals surface area contributed by atoms with Crippen LogP contribution in [0.5, 0.6) is 0 Å². The van der Waals surface area contributed by atoms with Crippen molar-refractivity contribution in [1.82, 2.24) is 0 Å². The molecule has 0 aliphatic heterocycles. The van der Waals surface area contributed by atoms with Gasteiger partial charge in [-0.2, -0.15) is 0 Å². The highest BCUT2D eigenvalue weighted by Gasteiger charge is 2.15. The number of nitrogens with two attached hydrogens (primary N) is 1. The number of rotatable bonds is 6. The topological polar surface area (TPSA) is 92.4 Å². The van der Waals surface area contributed by atoms with E-state index in [0.29, 0.717) is 6.42 Å². The Morgan fingerprint density at radius 3 is 2.72 bits per heavy atom. The van der Waals surface area contributed by atoms with E-state index in [9.17, 15) is 14.0 Å². The van der Waals surface area contributed by atoms with Crippen molar-refractivity contribution in [3.63, 3.8) is 0 Å². The monoisotopic (exact) mass is 254 g/mol. The number of primary amides is 1. The molecule has 0 saturated carbocycles. The standard InChI is InChI=1S/C12H15FN2O3/c1-7(5-6-10(16)17)15-9-4-2-3-8(13)11(9)12(14)18/h2-4,7,15H,5-6H2,1H3,(H2,14,18)(H,16,17). The highest BCUT2D eigenvalue weighted by atomic mass is 19.1. The molecule has 0 aliphatic carbocycles. The van der Waals surface area contributed by atoms with Gasteiger partial charge in [0.1, 0.15) is 5.82 Å². The van der Waals surface area contributed by atoms with E-state index in [0.717, 1.165) is 6.07 Å². The third kappa shape index (κ3) is 3.73. The van der Waals surface area contributed by atoms with Gasteiger partial charge in [-0.25, -0.2) is 4.39 Å². The first kappa shape index (κ1) is 14.0. The lowest BCUT2D eigenvalue weighted by atomic mass is 10.1. The predicted molar refractivity (Wildman–Crippen MR) is 64.9 cm³/mol. The van der Waals surface area contributed by atoms with E-state index in [1.807, 2.05) is 0 Å². The Morgan fingerprint density at radius 2 is 2.17 bits per heavy atom. The zero-order chi connectivity index (χ0) is 13.7. The van der Waals surface area contributed by atoms with Crippen LogP contribution in [0.3, 0.4) is 0 Å². The Balaban J connectivity index is 2.81. The molecule has 0 fully saturated rings. The van der Waals surface area contributed by atoms with Crippen LogP contribution < -0.4 is 11.1 Å². The van der Waals surface area contributed by atoms with Gasteiger partial charge in [-0.15, -0.1) is 0 Å². The average Bonchev–Trinajstić information content (AvgIpc) is 2.26. The molecule has 0 bridgehead atoms. The first-order chi connectivity index (χ1) is 8.41. The quantitative estimate of drug-likeness (QED) is 0.718. The molecular formula is C12H15FN2O3. The number of benzene rings is 1. The lowest BCUT2D eigenvalue weighted by molar-refractivity contribution is -0.137. The Kier molecular flexibility index (Phi) is 4.65. The first-order valence-corrected chi connectivity index (χ1v) is 5.48. The molecule has 1 amide bonds. The molecule has 0 spiro atoms. The van der Waals surface area contributed by atoms with Gasteiger partial charge < -0.3 is 16.2 Å². The van der Waals surface area contributed by atoms with Crippen LogP contribution in [0.2, 0.25) is 0 Å². The second-order valence-electron chi connectivity index (χ2n) is 4.00. The second-order valence-corrected chi connectivity index (χ2v) is 4.00. The van der Waals surface area contributed by atoms with E-state index in [1.54, 1.807) is 6.92 Å². The number of nitrogens with one attached hydrogen (secondary N) is 1. The molecule has 6 heteroatoms. The van der Waals surface area contributed by atoms with Crippen molar-refractivity contribution >= 4 is 17.6 Å². The number of hydrogen-bond acceptors (Lipinski definition) is 3. The summed E-state index contributed by atoms with van der Waals surface area (Å²) in [6.07, 6.45) is 0.361. The van der Waals surface area contributed by atoms with Crippen molar-refractivity contribution in [2.45, 2.75) is 25.8 Å². The van der Waals surface area contributed by atoms with Crippen molar-refractivity contribution in [2.75, 3.05) is 5.32 Å². The molecule has 1 aromatic rings. The van der Waals surface area contributed by atoms with Gasteiger partial charge in [0, 0.05) is 12.5 Å². The Hall–Kier alpha value is -2.11. The molecular weight excluding hydrogens is 239 g/mol. The first-order valence-electron chi connectivity index (χ1n) is 5.48. The molecule has 0 aromatic heterocycles. The van der Waals surface area contributed by atoms with E-state index in [1.165, 1.54) is 12.1 Å². The summed E-state index contributed by atoms with van der Waals surface area (Å²) in [4.78, 5) is 21.6. The number of carbonyl (C=O) groups excluding carboxylic acids is 1. The number of carbonyl (C=O) groups is 2. The summed E-state index contributed by atoms with van der Waals surface area (Å²) in [6, 6.07) is 3.92. The highest BCUT2D eigenvalue weighted by Crippen LogP contribution is 2.20. The molecule has 1 rings (SSSR count). The van der Waals surface area contributed by atoms with Gasteiger partial charge in [-0.05, 0) is 25.5 Å². The zero-order valence-electron chi connectivity index (χ0n) is 9.94. The summed E-state index contributed by atoms with van der Waals surface area (Å²) in [7, 11) is 0. The maximum Gasteiger partial charge on any atom is 0.303 e. The number of anilines is 1. The van der Waals surface area contributed by atoms with Gasteiger partial charge >= 0.3 is 5.97 Å². The number of halogens is 1. The third-order valence-corrected chi connectivity index (χ3v) is 2.45. The summed E-state index contributed by atoms with van der Waals surface area (Å²) in [5.74, 6) is -2.46. The largest absolute Gasteiger partial charge is 0.481 e. The molecule has 0 saturated heterocycles. The number of hydrogen-bond donors (Lipinski definition) is 3. The summed E-state index contributed by atoms with van der Waals surface area (Å²) < 4.78 is 13.4. The van der Waals surface area contributed by atoms with Gasteiger partial charge in [-0.1, -0.05) is 6.07 Å². The molecule has 98 valence electrons. The number of carboxylic acid groups (broad SMARTS) is 1. The molecule has 0 radical (unpaired) electrons. The fraction of sp³-hybridized carbons (Fsp3) is 0.333. The van der Waals surface area contributed by atoms with E-state index >= 15 is 0 Å². The lowest BCUT2D eigenvalue weighted by Gasteiger charge is -2.16. The van der Waals surface area contributed by atoms with E-state index < -0.39 is 17.7 Å². The number of aliphatic carboxylic acids is 1. The normalized spacial score (nSPS) is 11.9. The minimum Gasteiger partial charge on any atom is -0.481 e. The van der Waals surface area contributed by atoms with Gasteiger partial charge in [0.05, 0.1) is 11.3 Å². The van der Waals surface area contributed by atoms with Crippen LogP contribution in [-0.4, -0.2) is 23.0 Å². The predicted octanol–water partition coefficient (Wildman–Crippen LogP) is 1.59. The summed E-state index contributed by atoms with van der Waals surface area (Å²) in [5, 5.41) is 11.4. The van der Waals surface area contributed by atoms with Gasteiger partial charge in [0.2, 0.25) is 0 Å². The average molecular weight is 254 g/mol. The van der Waals surface area contributed by atoms with Gasteiger partial charge in [-0.3, -0.25) is 9.59 Å². The molecule has 5 nitrogen and oxygen atoms in total. The molecule has 1 aromatic carbocycles. The number of amides is 1. The minimum absolute atomic E-state index is 0.00458. The highest BCUT2D eigenvalue weighted by molar-refractivity contribution is 5.98. The summed E-state index contributed by atoms with van der Waals surface area (Å²) in [6.45, 7) is 1.75. The fourth-order valence-corrected chi connectivity index (χ4v) is 1.57. The van der Waals surface area contributed by atoms with Crippen LogP contribution in [-0.2, 0) is 4.79 Å². The van der Waals surface area contributed by atoms with Crippen molar-refractivity contribution in [1.29, 1.82) is 0 Å². The summed E-state index contributed by atoms with van der Waals surface area (Å²) in [5.41, 5.74) is 5.17. The van der Waals surface area contributed by atoms with Gasteiger partial charge in [0.15, 0.2) is 0 Å². The Morgan fingerprint density at radius 1 is 1.50 bits per heavy atom. The molecule has 0 heterocycles. The van der Waals surface area contributed by atoms with Crippen molar-refractivity contribution in [2.24, 2.45) is 5.73 Å². The second kappa shape index (κ2) is 6.00. The molecule has 18 heavy (non-hydrogen) atoms. The summed E-state index contributed by atoms with van der Waals surface area (Å²) >= 11 is 0. The van der Waals surface area contributed by atoms with Crippen LogP contribution in [0.15, 0.2) is 18.2 Å². The van der Waals surface area contributed by atoms with E-state index in [2.05, 4.69) is 5.32 Å². The van der Waals surface area contributed by atoms with Crippen LogP contribution in [0.25, 0.3) is 0 Å². The van der Waals surface area contributed by atoms with Crippen LogP contribution in [0.1, 0.15) is 30.1 Å². The lowest BCUT2D eigenvalue weighted by Crippen LogP contribution is -2.21. The van der Waals surface area contributed by atoms with Crippen LogP contribution in [0.4, 0.5) is 10.1 Å². The van der Waals surface area contributed by atoms with Crippen molar-refractivity contribution in [3.05, 3.63) is 29.6 Å². The number of carboxylic acids is 1. The molecule has 0 aliphatic rings.